The number of ketones is 2. The van der Waals surface area contributed by atoms with E-state index in [2.05, 4.69) is 6.58 Å². The van der Waals surface area contributed by atoms with Crippen molar-refractivity contribution in [3.05, 3.63) is 48.6 Å². The Morgan fingerprint density at radius 1 is 1.08 bits per heavy atom. The normalized spacial score (nSPS) is 17.8. The average molecular weight is 527 g/mol. The molecule has 37 heavy (non-hydrogen) atoms. The first-order chi connectivity index (χ1) is 17.3. The topological polar surface area (TPSA) is 271 Å². The highest BCUT2D eigenvalue weighted by Crippen LogP contribution is 2.28. The second-order valence-corrected chi connectivity index (χ2v) is 8.31. The van der Waals surface area contributed by atoms with Gasteiger partial charge in [-0.15, -0.1) is 6.58 Å². The van der Waals surface area contributed by atoms with Gasteiger partial charge in [0, 0.05) is 6.54 Å². The van der Waals surface area contributed by atoms with Crippen molar-refractivity contribution in [2.24, 2.45) is 23.1 Å². The highest BCUT2D eigenvalue weighted by Gasteiger charge is 2.51. The Hall–Kier alpha value is -3.08. The van der Waals surface area contributed by atoms with Gasteiger partial charge in [0.05, 0.1) is 37.7 Å². The highest BCUT2D eigenvalue weighted by atomic mass is 16.4. The number of aliphatic carboxylic acids is 1. The van der Waals surface area contributed by atoms with Crippen molar-refractivity contribution in [3.63, 3.8) is 0 Å². The van der Waals surface area contributed by atoms with Gasteiger partial charge in [0.15, 0.2) is 11.6 Å². The molecule has 14 nitrogen and oxygen atoms in total. The summed E-state index contributed by atoms with van der Waals surface area (Å²) in [6.45, 7) is 0.523. The molecule has 14 heteroatoms. The van der Waals surface area contributed by atoms with E-state index in [4.69, 9.17) is 17.2 Å². The summed E-state index contributed by atoms with van der Waals surface area (Å²) < 4.78 is 0. The maximum absolute atomic E-state index is 13.2. The molecule has 0 spiro atoms. The Kier molecular flexibility index (Phi) is 12.1. The minimum absolute atomic E-state index is 0.0310. The molecular weight excluding hydrogens is 492 g/mol. The first-order valence-electron chi connectivity index (χ1n) is 11.1. The second-order valence-electron chi connectivity index (χ2n) is 8.31. The molecular formula is C23H34N4O10. The second kappa shape index (κ2) is 14.0. The lowest BCUT2D eigenvalue weighted by molar-refractivity contribution is -0.173. The number of amides is 1. The maximum atomic E-state index is 13.2. The third kappa shape index (κ3) is 7.24. The molecule has 0 aliphatic rings. The summed E-state index contributed by atoms with van der Waals surface area (Å²) in [4.78, 5) is 50.8. The zero-order chi connectivity index (χ0) is 28.5. The van der Waals surface area contributed by atoms with Gasteiger partial charge in [-0.1, -0.05) is 36.4 Å². The third-order valence-corrected chi connectivity index (χ3v) is 5.93. The fourth-order valence-corrected chi connectivity index (χ4v) is 3.81. The predicted molar refractivity (Wildman–Crippen MR) is 128 cm³/mol. The fraction of sp³-hybridized carbons (Fsp3) is 0.478. The lowest BCUT2D eigenvalue weighted by Crippen LogP contribution is -2.66. The lowest BCUT2D eigenvalue weighted by atomic mass is 9.78. The van der Waals surface area contributed by atoms with Crippen molar-refractivity contribution in [1.82, 2.24) is 4.90 Å². The van der Waals surface area contributed by atoms with Crippen LogP contribution in [0.2, 0.25) is 0 Å². The molecule has 0 saturated carbocycles. The van der Waals surface area contributed by atoms with Gasteiger partial charge in [-0.2, -0.15) is 0 Å². The van der Waals surface area contributed by atoms with Gasteiger partial charge >= 0.3 is 5.97 Å². The van der Waals surface area contributed by atoms with Crippen LogP contribution in [0.1, 0.15) is 11.5 Å². The van der Waals surface area contributed by atoms with Crippen LogP contribution in [0.4, 0.5) is 0 Å². The van der Waals surface area contributed by atoms with E-state index in [1.807, 2.05) is 0 Å². The minimum atomic E-state index is -3.36. The first-order valence-corrected chi connectivity index (χ1v) is 11.1. The third-order valence-electron chi connectivity index (χ3n) is 5.93. The molecule has 1 unspecified atom stereocenters. The highest BCUT2D eigenvalue weighted by molar-refractivity contribution is 5.98. The number of nitrogens with two attached hydrogens (primary N) is 3. The van der Waals surface area contributed by atoms with Crippen molar-refractivity contribution in [2.75, 3.05) is 26.3 Å². The van der Waals surface area contributed by atoms with Crippen LogP contribution in [0, 0.1) is 5.92 Å². The molecule has 12 N–H and O–H groups in total. The van der Waals surface area contributed by atoms with E-state index < -0.39 is 85.1 Å². The van der Waals surface area contributed by atoms with Gasteiger partial charge in [-0.05, 0) is 5.56 Å². The van der Waals surface area contributed by atoms with E-state index in [-0.39, 0.29) is 12.1 Å². The van der Waals surface area contributed by atoms with Crippen molar-refractivity contribution < 1.29 is 49.8 Å². The predicted octanol–water partition coefficient (Wildman–Crippen LogP) is -4.37. The Morgan fingerprint density at radius 2 is 1.65 bits per heavy atom. The van der Waals surface area contributed by atoms with Crippen molar-refractivity contribution in [1.29, 1.82) is 0 Å². The van der Waals surface area contributed by atoms with Crippen LogP contribution >= 0.6 is 0 Å². The lowest BCUT2D eigenvalue weighted by Gasteiger charge is -2.37. The summed E-state index contributed by atoms with van der Waals surface area (Å²) in [5.41, 5.74) is 13.3. The number of rotatable bonds is 16. The molecule has 0 radical (unpaired) electrons. The van der Waals surface area contributed by atoms with E-state index in [1.165, 1.54) is 30.3 Å². The summed E-state index contributed by atoms with van der Waals surface area (Å²) in [5, 5.41) is 61.0. The molecule has 0 aromatic heterocycles. The summed E-state index contributed by atoms with van der Waals surface area (Å²) in [6, 6.07) is 3.57. The van der Waals surface area contributed by atoms with E-state index in [9.17, 15) is 49.8 Å². The number of carbonyl (C=O) groups is 4. The first kappa shape index (κ1) is 31.9. The number of carbonyl (C=O) groups excluding carboxylic acids is 3. The summed E-state index contributed by atoms with van der Waals surface area (Å²) in [7, 11) is 0. The van der Waals surface area contributed by atoms with Crippen LogP contribution in [-0.2, 0) is 19.2 Å². The van der Waals surface area contributed by atoms with Crippen LogP contribution in [0.3, 0.4) is 0 Å². The molecule has 0 heterocycles. The molecule has 1 aromatic carbocycles. The Morgan fingerprint density at radius 3 is 2.08 bits per heavy atom. The van der Waals surface area contributed by atoms with Crippen LogP contribution < -0.4 is 17.2 Å². The molecule has 0 fully saturated rings. The number of benzene rings is 1. The molecule has 0 bridgehead atoms. The van der Waals surface area contributed by atoms with E-state index in [0.717, 1.165) is 4.90 Å². The minimum Gasteiger partial charge on any atom is -0.480 e. The zero-order valence-corrected chi connectivity index (χ0v) is 20.0. The number of carboxylic acids is 1. The van der Waals surface area contributed by atoms with E-state index in [0.29, 0.717) is 0 Å². The van der Waals surface area contributed by atoms with Crippen LogP contribution in [-0.4, -0.2) is 115 Å². The maximum Gasteiger partial charge on any atom is 0.321 e. The zero-order valence-electron chi connectivity index (χ0n) is 20.0. The average Bonchev–Trinajstić information content (AvgIpc) is 2.88. The molecule has 1 rings (SSSR count). The Balaban J connectivity index is 3.37. The van der Waals surface area contributed by atoms with Crippen LogP contribution in [0.25, 0.3) is 0 Å². The number of hydrogen-bond acceptors (Lipinski definition) is 12. The van der Waals surface area contributed by atoms with Crippen LogP contribution in [0.15, 0.2) is 43.0 Å². The van der Waals surface area contributed by atoms with Gasteiger partial charge < -0.3 is 47.0 Å². The Labute approximate surface area is 212 Å². The number of nitrogens with zero attached hydrogens (tertiary/aromatic N) is 1. The molecule has 0 aliphatic heterocycles. The number of aliphatic hydroxyl groups is 5. The standard InChI is InChI=1S/C23H34N4O10/c1-2-8-27(15(30)9-24)14(11-29)18(31)13(10-28)19(32)21(34)23(26,37)20(33)16(17(25)22(35)36)12-6-4-3-5-7-12/h2-7,13-14,16-17,19,21,28-29,32,34,37H,1,8-11,24-26H2,(H,35,36)/t13-,14+,16?,17+,19-,21-,23-/m1/s1. The number of hydrogen-bond donors (Lipinski definition) is 9. The molecule has 1 amide bonds. The molecule has 1 aromatic rings. The monoisotopic (exact) mass is 526 g/mol. The van der Waals surface area contributed by atoms with E-state index in [1.54, 1.807) is 6.07 Å². The number of aliphatic hydroxyl groups excluding tert-OH is 4. The van der Waals surface area contributed by atoms with Crippen molar-refractivity contribution >= 4 is 23.4 Å². The Bertz CT molecular complexity index is 958. The van der Waals surface area contributed by atoms with E-state index >= 15 is 0 Å². The SMILES string of the molecule is C=CCN(C(=O)CN)[C@@H](CO)C(=O)[C@@H](CO)[C@@H](O)[C@@H](O)[C@](N)(O)C(=O)C(c1ccccc1)[C@H](N)C(=O)O. The number of carboxylic acid groups (broad SMARTS) is 1. The van der Waals surface area contributed by atoms with Crippen molar-refractivity contribution in [3.8, 4) is 0 Å². The largest absolute Gasteiger partial charge is 0.480 e. The van der Waals surface area contributed by atoms with Crippen molar-refractivity contribution in [2.45, 2.75) is 35.9 Å². The van der Waals surface area contributed by atoms with Gasteiger partial charge in [0.2, 0.25) is 11.6 Å². The van der Waals surface area contributed by atoms with Gasteiger partial charge in [-0.3, -0.25) is 24.9 Å². The summed E-state index contributed by atoms with van der Waals surface area (Å²) in [5.74, 6) is -8.79. The van der Waals surface area contributed by atoms with Gasteiger partial charge in [0.1, 0.15) is 18.2 Å². The quantitative estimate of drug-likeness (QED) is 0.0728. The molecule has 7 atom stereocenters. The van der Waals surface area contributed by atoms with Gasteiger partial charge in [0.25, 0.3) is 0 Å². The molecule has 0 saturated heterocycles. The number of Topliss-reactive ketones (excluding diaryl/α,β-unsaturated/α-hetero) is 2. The molecule has 206 valence electrons. The fourth-order valence-electron chi connectivity index (χ4n) is 3.81. The molecule has 0 aliphatic carbocycles. The summed E-state index contributed by atoms with van der Waals surface area (Å²) in [6.07, 6.45) is -3.83. The smallest absolute Gasteiger partial charge is 0.321 e. The summed E-state index contributed by atoms with van der Waals surface area (Å²) >= 11 is 0. The van der Waals surface area contributed by atoms with Gasteiger partial charge in [-0.25, -0.2) is 0 Å². The van der Waals surface area contributed by atoms with Crippen LogP contribution in [0.5, 0.6) is 0 Å².